The molecular formula is C16H25NO. The fraction of sp³-hybridized carbons (Fsp3) is 0.625. The van der Waals surface area contributed by atoms with Crippen molar-refractivity contribution in [1.29, 1.82) is 0 Å². The maximum absolute atomic E-state index is 5.54. The van der Waals surface area contributed by atoms with Gasteiger partial charge in [0.15, 0.2) is 0 Å². The van der Waals surface area contributed by atoms with E-state index in [2.05, 4.69) is 44.3 Å². The second-order valence-corrected chi connectivity index (χ2v) is 5.90. The highest BCUT2D eigenvalue weighted by atomic mass is 16.5. The van der Waals surface area contributed by atoms with Crippen molar-refractivity contribution in [3.8, 4) is 5.75 Å². The number of nitrogens with one attached hydrogen (secondary N) is 1. The average molecular weight is 247 g/mol. The van der Waals surface area contributed by atoms with Crippen LogP contribution in [0.3, 0.4) is 0 Å². The molecule has 0 bridgehead atoms. The first-order valence-electron chi connectivity index (χ1n) is 7.10. The summed E-state index contributed by atoms with van der Waals surface area (Å²) in [6.45, 7) is 9.88. The molecule has 1 unspecified atom stereocenters. The lowest BCUT2D eigenvalue weighted by Gasteiger charge is -2.14. The van der Waals surface area contributed by atoms with Crippen molar-refractivity contribution in [3.63, 3.8) is 0 Å². The molecular weight excluding hydrogens is 222 g/mol. The number of hydrogen-bond acceptors (Lipinski definition) is 2. The third-order valence-electron chi connectivity index (χ3n) is 3.38. The summed E-state index contributed by atoms with van der Waals surface area (Å²) in [5.74, 6) is 2.50. The highest BCUT2D eigenvalue weighted by molar-refractivity contribution is 5.39. The van der Waals surface area contributed by atoms with E-state index < -0.39 is 0 Å². The standard InChI is InChI=1S/C16H25NO/c1-12(2)10-17-11-13(3)8-14-4-5-16-15(9-14)6-7-18-16/h4-5,9,12-13,17H,6-8,10-11H2,1-3H3. The van der Waals surface area contributed by atoms with Crippen molar-refractivity contribution in [3.05, 3.63) is 29.3 Å². The Morgan fingerprint density at radius 2 is 2.06 bits per heavy atom. The molecule has 100 valence electrons. The lowest BCUT2D eigenvalue weighted by Crippen LogP contribution is -2.26. The van der Waals surface area contributed by atoms with Crippen molar-refractivity contribution < 1.29 is 4.74 Å². The van der Waals surface area contributed by atoms with Gasteiger partial charge >= 0.3 is 0 Å². The van der Waals surface area contributed by atoms with Crippen LogP contribution in [0.1, 0.15) is 31.9 Å². The van der Waals surface area contributed by atoms with Gasteiger partial charge in [0, 0.05) is 6.42 Å². The van der Waals surface area contributed by atoms with Gasteiger partial charge in [-0.05, 0) is 48.5 Å². The van der Waals surface area contributed by atoms with Gasteiger partial charge in [-0.15, -0.1) is 0 Å². The summed E-state index contributed by atoms with van der Waals surface area (Å²) in [4.78, 5) is 0. The molecule has 1 aliphatic heterocycles. The minimum atomic E-state index is 0.684. The van der Waals surface area contributed by atoms with Gasteiger partial charge in [0.1, 0.15) is 5.75 Å². The van der Waals surface area contributed by atoms with Gasteiger partial charge in [0.2, 0.25) is 0 Å². The minimum absolute atomic E-state index is 0.684. The number of benzene rings is 1. The molecule has 1 atom stereocenters. The first-order chi connectivity index (χ1) is 8.65. The number of ether oxygens (including phenoxy) is 1. The fourth-order valence-electron chi connectivity index (χ4n) is 2.46. The topological polar surface area (TPSA) is 21.3 Å². The quantitative estimate of drug-likeness (QED) is 0.834. The van der Waals surface area contributed by atoms with E-state index in [0.29, 0.717) is 5.92 Å². The Hall–Kier alpha value is -1.02. The monoisotopic (exact) mass is 247 g/mol. The molecule has 0 radical (unpaired) electrons. The summed E-state index contributed by atoms with van der Waals surface area (Å²) in [5, 5.41) is 3.53. The maximum atomic E-state index is 5.54. The van der Waals surface area contributed by atoms with E-state index in [4.69, 9.17) is 4.74 Å². The zero-order valence-corrected chi connectivity index (χ0v) is 11.8. The minimum Gasteiger partial charge on any atom is -0.493 e. The first kappa shape index (κ1) is 13.4. The molecule has 18 heavy (non-hydrogen) atoms. The van der Waals surface area contributed by atoms with E-state index in [1.54, 1.807) is 0 Å². The molecule has 1 aromatic rings. The molecule has 0 fully saturated rings. The van der Waals surface area contributed by atoms with Gasteiger partial charge in [-0.1, -0.05) is 32.9 Å². The second kappa shape index (κ2) is 6.24. The van der Waals surface area contributed by atoms with Gasteiger partial charge in [0.05, 0.1) is 6.61 Å². The zero-order chi connectivity index (χ0) is 13.0. The van der Waals surface area contributed by atoms with Crippen molar-refractivity contribution in [2.75, 3.05) is 19.7 Å². The van der Waals surface area contributed by atoms with E-state index in [9.17, 15) is 0 Å². The van der Waals surface area contributed by atoms with Crippen molar-refractivity contribution in [1.82, 2.24) is 5.32 Å². The summed E-state index contributed by atoms with van der Waals surface area (Å²) >= 11 is 0. The lowest BCUT2D eigenvalue weighted by atomic mass is 9.98. The van der Waals surface area contributed by atoms with Gasteiger partial charge < -0.3 is 10.1 Å². The van der Waals surface area contributed by atoms with Crippen molar-refractivity contribution in [2.24, 2.45) is 11.8 Å². The highest BCUT2D eigenvalue weighted by Gasteiger charge is 2.13. The van der Waals surface area contributed by atoms with Crippen LogP contribution < -0.4 is 10.1 Å². The summed E-state index contributed by atoms with van der Waals surface area (Å²) < 4.78 is 5.54. The Labute approximate surface area is 111 Å². The van der Waals surface area contributed by atoms with Crippen molar-refractivity contribution in [2.45, 2.75) is 33.6 Å². The lowest BCUT2D eigenvalue weighted by molar-refractivity contribution is 0.357. The third kappa shape index (κ3) is 3.74. The zero-order valence-electron chi connectivity index (χ0n) is 11.8. The van der Waals surface area contributed by atoms with Crippen molar-refractivity contribution >= 4 is 0 Å². The van der Waals surface area contributed by atoms with E-state index in [1.165, 1.54) is 11.1 Å². The van der Waals surface area contributed by atoms with Gasteiger partial charge in [-0.3, -0.25) is 0 Å². The molecule has 1 aromatic carbocycles. The molecule has 0 spiro atoms. The van der Waals surface area contributed by atoms with Crippen LogP contribution in [0.5, 0.6) is 5.75 Å². The molecule has 0 aromatic heterocycles. The summed E-state index contributed by atoms with van der Waals surface area (Å²) in [6, 6.07) is 6.66. The molecule has 1 aliphatic rings. The van der Waals surface area contributed by atoms with Gasteiger partial charge in [0.25, 0.3) is 0 Å². The number of rotatable bonds is 6. The summed E-state index contributed by atoms with van der Waals surface area (Å²) in [5.41, 5.74) is 2.83. The normalized spacial score (nSPS) is 15.6. The van der Waals surface area contributed by atoms with Crippen LogP contribution in [0.2, 0.25) is 0 Å². The predicted molar refractivity (Wildman–Crippen MR) is 76.2 cm³/mol. The Kier molecular flexibility index (Phi) is 4.65. The van der Waals surface area contributed by atoms with Gasteiger partial charge in [-0.25, -0.2) is 0 Å². The molecule has 2 rings (SSSR count). The second-order valence-electron chi connectivity index (χ2n) is 5.90. The Balaban J connectivity index is 1.82. The summed E-state index contributed by atoms with van der Waals surface area (Å²) in [6.07, 6.45) is 2.22. The molecule has 0 aliphatic carbocycles. The Morgan fingerprint density at radius 1 is 1.22 bits per heavy atom. The van der Waals surface area contributed by atoms with Crippen LogP contribution in [0.15, 0.2) is 18.2 Å². The van der Waals surface area contributed by atoms with E-state index in [-0.39, 0.29) is 0 Å². The predicted octanol–water partition coefficient (Wildman–Crippen LogP) is 3.05. The maximum Gasteiger partial charge on any atom is 0.122 e. The average Bonchev–Trinajstić information content (AvgIpc) is 2.75. The molecule has 0 saturated carbocycles. The molecule has 2 heteroatoms. The SMILES string of the molecule is CC(C)CNCC(C)Cc1ccc2c(c1)CCO2. The molecule has 2 nitrogen and oxygen atoms in total. The van der Waals surface area contributed by atoms with E-state index in [1.807, 2.05) is 0 Å². The highest BCUT2D eigenvalue weighted by Crippen LogP contribution is 2.26. The number of hydrogen-bond donors (Lipinski definition) is 1. The van der Waals surface area contributed by atoms with E-state index in [0.717, 1.165) is 44.2 Å². The largest absolute Gasteiger partial charge is 0.493 e. The van der Waals surface area contributed by atoms with Crippen LogP contribution in [-0.2, 0) is 12.8 Å². The molecule has 1 heterocycles. The van der Waals surface area contributed by atoms with Crippen LogP contribution >= 0.6 is 0 Å². The third-order valence-corrected chi connectivity index (χ3v) is 3.38. The fourth-order valence-corrected chi connectivity index (χ4v) is 2.46. The van der Waals surface area contributed by atoms with Crippen LogP contribution in [0, 0.1) is 11.8 Å². The van der Waals surface area contributed by atoms with Crippen LogP contribution in [0.25, 0.3) is 0 Å². The molecule has 0 saturated heterocycles. The van der Waals surface area contributed by atoms with Gasteiger partial charge in [-0.2, -0.15) is 0 Å². The van der Waals surface area contributed by atoms with Crippen LogP contribution in [-0.4, -0.2) is 19.7 Å². The van der Waals surface area contributed by atoms with E-state index >= 15 is 0 Å². The summed E-state index contributed by atoms with van der Waals surface area (Å²) in [7, 11) is 0. The number of fused-ring (bicyclic) bond motifs is 1. The Morgan fingerprint density at radius 3 is 2.83 bits per heavy atom. The Bertz CT molecular complexity index is 387. The van der Waals surface area contributed by atoms with Crippen LogP contribution in [0.4, 0.5) is 0 Å². The first-order valence-corrected chi connectivity index (χ1v) is 7.10. The molecule has 1 N–H and O–H groups in total. The smallest absolute Gasteiger partial charge is 0.122 e. The molecule has 0 amide bonds.